The van der Waals surface area contributed by atoms with Gasteiger partial charge in [-0.15, -0.1) is 0 Å². The third-order valence-electron chi connectivity index (χ3n) is 2.78. The fourth-order valence-corrected chi connectivity index (χ4v) is 2.16. The van der Waals surface area contributed by atoms with Gasteiger partial charge >= 0.3 is 0 Å². The molecule has 0 aliphatic rings. The van der Waals surface area contributed by atoms with E-state index >= 15 is 0 Å². The molecule has 0 bridgehead atoms. The Morgan fingerprint density at radius 3 is 2.78 bits per heavy atom. The summed E-state index contributed by atoms with van der Waals surface area (Å²) >= 11 is 6.14. The minimum Gasteiger partial charge on any atom is -0.382 e. The highest BCUT2D eigenvalue weighted by Gasteiger charge is 2.29. The molecule has 1 aromatic rings. The Morgan fingerprint density at radius 1 is 1.56 bits per heavy atom. The van der Waals surface area contributed by atoms with Crippen LogP contribution in [0.15, 0.2) is 6.20 Å². The maximum Gasteiger partial charge on any atom is 0.117 e. The highest BCUT2D eigenvalue weighted by Crippen LogP contribution is 2.27. The molecular formula is C12H23ClN4O. The van der Waals surface area contributed by atoms with Crippen molar-refractivity contribution in [2.45, 2.75) is 26.0 Å². The molecule has 104 valence electrons. The van der Waals surface area contributed by atoms with Crippen LogP contribution in [0.2, 0.25) is 5.02 Å². The van der Waals surface area contributed by atoms with Gasteiger partial charge < -0.3 is 15.3 Å². The van der Waals surface area contributed by atoms with Crippen LogP contribution >= 0.6 is 11.6 Å². The average molecular weight is 275 g/mol. The number of hydrogen-bond acceptors (Lipinski definition) is 4. The highest BCUT2D eigenvalue weighted by molar-refractivity contribution is 6.31. The molecule has 0 aliphatic carbocycles. The summed E-state index contributed by atoms with van der Waals surface area (Å²) in [4.78, 5) is 2.07. The fraction of sp³-hybridized carbons (Fsp3) is 0.750. The lowest BCUT2D eigenvalue weighted by Gasteiger charge is -2.25. The van der Waals surface area contributed by atoms with Crippen LogP contribution < -0.4 is 5.32 Å². The van der Waals surface area contributed by atoms with Crippen LogP contribution in [0.5, 0.6) is 0 Å². The number of rotatable bonds is 7. The lowest BCUT2D eigenvalue weighted by Crippen LogP contribution is -2.38. The van der Waals surface area contributed by atoms with E-state index in [1.54, 1.807) is 17.8 Å². The van der Waals surface area contributed by atoms with Crippen LogP contribution in [-0.4, -0.2) is 53.5 Å². The predicted molar refractivity (Wildman–Crippen MR) is 73.9 cm³/mol. The molecule has 1 heterocycles. The summed E-state index contributed by atoms with van der Waals surface area (Å²) in [6.07, 6.45) is 1.59. The summed E-state index contributed by atoms with van der Waals surface area (Å²) in [5.41, 5.74) is -0.345. The van der Waals surface area contributed by atoms with E-state index in [1.165, 1.54) is 0 Å². The lowest BCUT2D eigenvalue weighted by molar-refractivity contribution is 0.0477. The maximum atomic E-state index is 10.5. The van der Waals surface area contributed by atoms with Gasteiger partial charge in [-0.05, 0) is 27.6 Å². The van der Waals surface area contributed by atoms with Gasteiger partial charge in [-0.3, -0.25) is 4.68 Å². The Labute approximate surface area is 114 Å². The SMILES string of the molecule is CCNCC(C)(O)c1c(Cl)cnn1CCN(C)C. The van der Waals surface area contributed by atoms with E-state index in [1.807, 2.05) is 21.0 Å². The molecule has 0 aromatic carbocycles. The number of aromatic nitrogens is 2. The topological polar surface area (TPSA) is 53.3 Å². The van der Waals surface area contributed by atoms with Crippen molar-refractivity contribution >= 4 is 11.6 Å². The Morgan fingerprint density at radius 2 is 2.22 bits per heavy atom. The number of likely N-dealkylation sites (N-methyl/N-ethyl adjacent to an activating group) is 2. The van der Waals surface area contributed by atoms with Crippen molar-refractivity contribution < 1.29 is 5.11 Å². The van der Waals surface area contributed by atoms with Crippen LogP contribution in [0, 0.1) is 0 Å². The van der Waals surface area contributed by atoms with E-state index in [0.29, 0.717) is 23.8 Å². The third kappa shape index (κ3) is 3.95. The normalized spacial score (nSPS) is 15.1. The van der Waals surface area contributed by atoms with Gasteiger partial charge in [0.05, 0.1) is 23.5 Å². The molecule has 6 heteroatoms. The summed E-state index contributed by atoms with van der Waals surface area (Å²) < 4.78 is 1.78. The molecule has 18 heavy (non-hydrogen) atoms. The van der Waals surface area contributed by atoms with Crippen molar-refractivity contribution in [3.8, 4) is 0 Å². The Balaban J connectivity index is 2.88. The van der Waals surface area contributed by atoms with E-state index in [-0.39, 0.29) is 0 Å². The molecule has 1 rings (SSSR count). The second kappa shape index (κ2) is 6.52. The summed E-state index contributed by atoms with van der Waals surface area (Å²) in [5.74, 6) is 0. The number of aliphatic hydroxyl groups is 1. The zero-order chi connectivity index (χ0) is 13.8. The van der Waals surface area contributed by atoms with E-state index in [4.69, 9.17) is 11.6 Å². The lowest BCUT2D eigenvalue weighted by atomic mass is 10.0. The third-order valence-corrected chi connectivity index (χ3v) is 3.06. The average Bonchev–Trinajstić information content (AvgIpc) is 2.66. The van der Waals surface area contributed by atoms with Gasteiger partial charge in [-0.2, -0.15) is 5.10 Å². The zero-order valence-electron chi connectivity index (χ0n) is 11.6. The van der Waals surface area contributed by atoms with Gasteiger partial charge in [-0.1, -0.05) is 18.5 Å². The molecule has 1 atom stereocenters. The minimum atomic E-state index is -1.02. The van der Waals surface area contributed by atoms with Gasteiger partial charge in [0.1, 0.15) is 5.60 Å². The molecule has 0 saturated carbocycles. The fourth-order valence-electron chi connectivity index (χ4n) is 1.81. The molecule has 1 unspecified atom stereocenters. The van der Waals surface area contributed by atoms with Gasteiger partial charge in [-0.25, -0.2) is 0 Å². The first-order chi connectivity index (χ1) is 8.38. The molecule has 0 amide bonds. The number of nitrogens with one attached hydrogen (secondary N) is 1. The molecule has 1 aromatic heterocycles. The Hall–Kier alpha value is -0.620. The van der Waals surface area contributed by atoms with Crippen molar-refractivity contribution in [3.05, 3.63) is 16.9 Å². The first-order valence-electron chi connectivity index (χ1n) is 6.18. The summed E-state index contributed by atoms with van der Waals surface area (Å²) in [6.45, 7) is 6.57. The minimum absolute atomic E-state index is 0.455. The Kier molecular flexibility index (Phi) is 5.59. The highest BCUT2D eigenvalue weighted by atomic mass is 35.5. The summed E-state index contributed by atoms with van der Waals surface area (Å²) in [5, 5.41) is 18.4. The van der Waals surface area contributed by atoms with Crippen molar-refractivity contribution in [1.29, 1.82) is 0 Å². The largest absolute Gasteiger partial charge is 0.382 e. The quantitative estimate of drug-likeness (QED) is 0.776. The summed E-state index contributed by atoms with van der Waals surface area (Å²) in [7, 11) is 4.00. The molecular weight excluding hydrogens is 252 g/mol. The second-order valence-electron chi connectivity index (χ2n) is 4.92. The van der Waals surface area contributed by atoms with Crippen molar-refractivity contribution in [3.63, 3.8) is 0 Å². The molecule has 5 nitrogen and oxygen atoms in total. The zero-order valence-corrected chi connectivity index (χ0v) is 12.3. The molecule has 0 radical (unpaired) electrons. The molecule has 0 saturated heterocycles. The standard InChI is InChI=1S/C12H23ClN4O/c1-5-14-9-12(2,18)11-10(13)8-15-17(11)7-6-16(3)4/h8,14,18H,5-7,9H2,1-4H3. The maximum absolute atomic E-state index is 10.5. The van der Waals surface area contributed by atoms with E-state index in [2.05, 4.69) is 15.3 Å². The van der Waals surface area contributed by atoms with Crippen LogP contribution in [0.3, 0.4) is 0 Å². The van der Waals surface area contributed by atoms with E-state index in [0.717, 1.165) is 13.1 Å². The van der Waals surface area contributed by atoms with Gasteiger partial charge in [0, 0.05) is 13.1 Å². The first-order valence-corrected chi connectivity index (χ1v) is 6.56. The second-order valence-corrected chi connectivity index (χ2v) is 5.33. The van der Waals surface area contributed by atoms with Crippen molar-refractivity contribution in [2.24, 2.45) is 0 Å². The summed E-state index contributed by atoms with van der Waals surface area (Å²) in [6, 6.07) is 0. The molecule has 0 fully saturated rings. The van der Waals surface area contributed by atoms with Gasteiger partial charge in [0.2, 0.25) is 0 Å². The smallest absolute Gasteiger partial charge is 0.117 e. The van der Waals surface area contributed by atoms with Crippen molar-refractivity contribution in [2.75, 3.05) is 33.7 Å². The monoisotopic (exact) mass is 274 g/mol. The van der Waals surface area contributed by atoms with Crippen molar-refractivity contribution in [1.82, 2.24) is 20.0 Å². The van der Waals surface area contributed by atoms with Crippen LogP contribution in [-0.2, 0) is 12.1 Å². The van der Waals surface area contributed by atoms with Gasteiger partial charge in [0.25, 0.3) is 0 Å². The van der Waals surface area contributed by atoms with E-state index < -0.39 is 5.60 Å². The van der Waals surface area contributed by atoms with Crippen LogP contribution in [0.4, 0.5) is 0 Å². The Bertz CT molecular complexity index is 376. The number of halogens is 1. The first kappa shape index (κ1) is 15.4. The number of nitrogens with zero attached hydrogens (tertiary/aromatic N) is 3. The van der Waals surface area contributed by atoms with Crippen LogP contribution in [0.25, 0.3) is 0 Å². The van der Waals surface area contributed by atoms with E-state index in [9.17, 15) is 5.11 Å². The molecule has 2 N–H and O–H groups in total. The van der Waals surface area contributed by atoms with Gasteiger partial charge in [0.15, 0.2) is 0 Å². The predicted octanol–water partition coefficient (Wildman–Crippen LogP) is 0.915. The molecule has 0 spiro atoms. The molecule has 0 aliphatic heterocycles. The van der Waals surface area contributed by atoms with Crippen LogP contribution in [0.1, 0.15) is 19.5 Å². The number of hydrogen-bond donors (Lipinski definition) is 2.